The second-order valence-corrected chi connectivity index (χ2v) is 5.10. The fourth-order valence-electron chi connectivity index (χ4n) is 1.49. The van der Waals surface area contributed by atoms with E-state index in [0.717, 1.165) is 5.56 Å². The van der Waals surface area contributed by atoms with E-state index in [1.165, 1.54) is 4.90 Å². The Morgan fingerprint density at radius 3 is 2.32 bits per heavy atom. The number of benzene rings is 1. The lowest BCUT2D eigenvalue weighted by Crippen LogP contribution is -2.33. The molecule has 4 heteroatoms. The Morgan fingerprint density at radius 1 is 1.21 bits per heavy atom. The third-order valence-corrected chi connectivity index (χ3v) is 2.59. The van der Waals surface area contributed by atoms with Crippen molar-refractivity contribution in [2.75, 3.05) is 20.2 Å². The van der Waals surface area contributed by atoms with Gasteiger partial charge in [-0.2, -0.15) is 0 Å². The van der Waals surface area contributed by atoms with Crippen molar-refractivity contribution in [2.45, 2.75) is 20.8 Å². The zero-order chi connectivity index (χ0) is 14.4. The number of likely N-dealkylation sites (N-methyl/N-ethyl adjacent to an activating group) is 1. The van der Waals surface area contributed by atoms with E-state index >= 15 is 0 Å². The van der Waals surface area contributed by atoms with Gasteiger partial charge in [-0.3, -0.25) is 9.59 Å². The van der Waals surface area contributed by atoms with E-state index in [0.29, 0.717) is 18.1 Å². The average molecular weight is 263 g/mol. The molecule has 0 saturated carbocycles. The number of amides is 1. The number of hydrogen-bond acceptors (Lipinski definition) is 3. The molecule has 1 aromatic carbocycles. The maximum absolute atomic E-state index is 12.0. The second-order valence-electron chi connectivity index (χ2n) is 5.10. The van der Waals surface area contributed by atoms with Crippen LogP contribution in [0.5, 0.6) is 0 Å². The van der Waals surface area contributed by atoms with Crippen molar-refractivity contribution in [2.24, 2.45) is 5.92 Å². The zero-order valence-electron chi connectivity index (χ0n) is 12.0. The fourth-order valence-corrected chi connectivity index (χ4v) is 1.49. The molecule has 0 aliphatic heterocycles. The highest BCUT2D eigenvalue weighted by atomic mass is 16.5. The van der Waals surface area contributed by atoms with Crippen LogP contribution in [0.25, 0.3) is 0 Å². The van der Waals surface area contributed by atoms with Crippen molar-refractivity contribution in [3.8, 4) is 0 Å². The van der Waals surface area contributed by atoms with Gasteiger partial charge in [0.05, 0.1) is 6.61 Å². The number of nitrogens with zero attached hydrogens (tertiary/aromatic N) is 1. The fraction of sp³-hybridized carbons (Fsp3) is 0.467. The molecule has 0 aliphatic rings. The molecule has 0 unspecified atom stereocenters. The highest BCUT2D eigenvalue weighted by Crippen LogP contribution is 2.06. The Labute approximate surface area is 114 Å². The van der Waals surface area contributed by atoms with E-state index in [1.807, 2.05) is 32.9 Å². The second kappa shape index (κ2) is 6.92. The van der Waals surface area contributed by atoms with Crippen LogP contribution in [0.2, 0.25) is 0 Å². The summed E-state index contributed by atoms with van der Waals surface area (Å²) in [5, 5.41) is 0. The monoisotopic (exact) mass is 263 g/mol. The summed E-state index contributed by atoms with van der Waals surface area (Å²) in [5.74, 6) is -0.264. The molecule has 104 valence electrons. The predicted molar refractivity (Wildman–Crippen MR) is 73.9 cm³/mol. The molecule has 0 radical (unpaired) electrons. The molecule has 4 nitrogen and oxygen atoms in total. The molecule has 1 rings (SSSR count). The molecule has 1 amide bonds. The molecule has 0 fully saturated rings. The molecule has 0 bridgehead atoms. The SMILES string of the molecule is Cc1ccc(C(=O)N(C)CC(=O)OCC(C)C)cc1. The molecule has 0 N–H and O–H groups in total. The minimum atomic E-state index is -0.378. The van der Waals surface area contributed by atoms with Gasteiger partial charge in [0.15, 0.2) is 0 Å². The molecule has 1 aromatic rings. The number of rotatable bonds is 5. The molecule has 0 aliphatic carbocycles. The minimum absolute atomic E-state index is 0.0283. The van der Waals surface area contributed by atoms with Gasteiger partial charge < -0.3 is 9.64 Å². The largest absolute Gasteiger partial charge is 0.464 e. The first-order valence-electron chi connectivity index (χ1n) is 6.38. The van der Waals surface area contributed by atoms with E-state index in [4.69, 9.17) is 4.74 Å². The zero-order valence-corrected chi connectivity index (χ0v) is 12.0. The Bertz CT molecular complexity index is 437. The molecular formula is C15H21NO3. The maximum atomic E-state index is 12.0. The van der Waals surface area contributed by atoms with E-state index in [-0.39, 0.29) is 18.4 Å². The molecular weight excluding hydrogens is 242 g/mol. The lowest BCUT2D eigenvalue weighted by molar-refractivity contribution is -0.145. The van der Waals surface area contributed by atoms with Crippen LogP contribution in [-0.4, -0.2) is 37.0 Å². The predicted octanol–water partition coefficient (Wildman–Crippen LogP) is 2.27. The van der Waals surface area contributed by atoms with Gasteiger partial charge in [0.1, 0.15) is 6.54 Å². The van der Waals surface area contributed by atoms with Crippen LogP contribution >= 0.6 is 0 Å². The van der Waals surface area contributed by atoms with Gasteiger partial charge in [-0.1, -0.05) is 31.5 Å². The summed E-state index contributed by atoms with van der Waals surface area (Å²) in [6.07, 6.45) is 0. The Hall–Kier alpha value is -1.84. The highest BCUT2D eigenvalue weighted by molar-refractivity contribution is 5.95. The Morgan fingerprint density at radius 2 is 1.79 bits per heavy atom. The highest BCUT2D eigenvalue weighted by Gasteiger charge is 2.15. The summed E-state index contributed by atoms with van der Waals surface area (Å²) in [6.45, 7) is 6.25. The Balaban J connectivity index is 2.53. The van der Waals surface area contributed by atoms with E-state index in [9.17, 15) is 9.59 Å². The van der Waals surface area contributed by atoms with Crippen molar-refractivity contribution < 1.29 is 14.3 Å². The summed E-state index contributed by atoms with van der Waals surface area (Å²) >= 11 is 0. The first-order valence-corrected chi connectivity index (χ1v) is 6.38. The number of carbonyl (C=O) groups excluding carboxylic acids is 2. The van der Waals surface area contributed by atoms with Gasteiger partial charge in [0.25, 0.3) is 5.91 Å². The summed E-state index contributed by atoms with van der Waals surface area (Å²) in [7, 11) is 1.60. The van der Waals surface area contributed by atoms with Crippen LogP contribution < -0.4 is 0 Å². The third kappa shape index (κ3) is 5.12. The number of carbonyl (C=O) groups is 2. The molecule has 0 heterocycles. The number of esters is 1. The normalized spacial score (nSPS) is 10.4. The van der Waals surface area contributed by atoms with Crippen LogP contribution in [0, 0.1) is 12.8 Å². The van der Waals surface area contributed by atoms with Gasteiger partial charge in [0.2, 0.25) is 0 Å². The lowest BCUT2D eigenvalue weighted by Gasteiger charge is -2.17. The number of aryl methyl sites for hydroxylation is 1. The Kier molecular flexibility index (Phi) is 5.55. The molecule has 0 aromatic heterocycles. The van der Waals surface area contributed by atoms with Crippen molar-refractivity contribution in [1.82, 2.24) is 4.90 Å². The third-order valence-electron chi connectivity index (χ3n) is 2.59. The number of hydrogen-bond donors (Lipinski definition) is 0. The van der Waals surface area contributed by atoms with Gasteiger partial charge in [-0.25, -0.2) is 0 Å². The van der Waals surface area contributed by atoms with Gasteiger partial charge in [0, 0.05) is 12.6 Å². The first kappa shape index (κ1) is 15.2. The smallest absolute Gasteiger partial charge is 0.325 e. The van der Waals surface area contributed by atoms with Crippen molar-refractivity contribution in [3.63, 3.8) is 0 Å². The molecule has 0 saturated heterocycles. The van der Waals surface area contributed by atoms with Crippen LogP contribution in [0.15, 0.2) is 24.3 Å². The quantitative estimate of drug-likeness (QED) is 0.766. The average Bonchev–Trinajstić information content (AvgIpc) is 2.36. The van der Waals surface area contributed by atoms with Crippen molar-refractivity contribution in [3.05, 3.63) is 35.4 Å². The van der Waals surface area contributed by atoms with E-state index < -0.39 is 0 Å². The molecule has 0 spiro atoms. The van der Waals surface area contributed by atoms with Crippen LogP contribution in [0.1, 0.15) is 29.8 Å². The van der Waals surface area contributed by atoms with Crippen molar-refractivity contribution in [1.29, 1.82) is 0 Å². The lowest BCUT2D eigenvalue weighted by atomic mass is 10.1. The molecule has 19 heavy (non-hydrogen) atoms. The topological polar surface area (TPSA) is 46.6 Å². The molecule has 0 atom stereocenters. The maximum Gasteiger partial charge on any atom is 0.325 e. The number of ether oxygens (including phenoxy) is 1. The van der Waals surface area contributed by atoms with Crippen molar-refractivity contribution >= 4 is 11.9 Å². The minimum Gasteiger partial charge on any atom is -0.464 e. The first-order chi connectivity index (χ1) is 8.90. The summed E-state index contributed by atoms with van der Waals surface area (Å²) in [5.41, 5.74) is 1.67. The van der Waals surface area contributed by atoms with Gasteiger partial charge in [-0.05, 0) is 25.0 Å². The van der Waals surface area contributed by atoms with Crippen LogP contribution in [-0.2, 0) is 9.53 Å². The van der Waals surface area contributed by atoms with Gasteiger partial charge >= 0.3 is 5.97 Å². The summed E-state index contributed by atoms with van der Waals surface area (Å²) < 4.78 is 5.05. The van der Waals surface area contributed by atoms with Gasteiger partial charge in [-0.15, -0.1) is 0 Å². The van der Waals surface area contributed by atoms with Crippen LogP contribution in [0.4, 0.5) is 0 Å². The van der Waals surface area contributed by atoms with E-state index in [2.05, 4.69) is 0 Å². The van der Waals surface area contributed by atoms with Crippen LogP contribution in [0.3, 0.4) is 0 Å². The summed E-state index contributed by atoms with van der Waals surface area (Å²) in [6, 6.07) is 7.26. The standard InChI is InChI=1S/C15H21NO3/c1-11(2)10-19-14(17)9-16(4)15(18)13-7-5-12(3)6-8-13/h5-8,11H,9-10H2,1-4H3. The summed E-state index contributed by atoms with van der Waals surface area (Å²) in [4.78, 5) is 24.9. The van der Waals surface area contributed by atoms with E-state index in [1.54, 1.807) is 19.2 Å².